The first-order chi connectivity index (χ1) is 10.0. The van der Waals surface area contributed by atoms with Gasteiger partial charge in [-0.05, 0) is 26.3 Å². The van der Waals surface area contributed by atoms with Crippen molar-refractivity contribution >= 4 is 28.3 Å². The fourth-order valence-electron chi connectivity index (χ4n) is 1.76. The van der Waals surface area contributed by atoms with E-state index in [-0.39, 0.29) is 11.8 Å². The summed E-state index contributed by atoms with van der Waals surface area (Å²) in [7, 11) is 0. The third-order valence-corrected chi connectivity index (χ3v) is 3.91. The number of nitrogens with one attached hydrogen (secondary N) is 2. The summed E-state index contributed by atoms with van der Waals surface area (Å²) in [5.74, 6) is -0.654. The Morgan fingerprint density at radius 1 is 1.48 bits per heavy atom. The number of aromatic nitrogens is 1. The molecule has 7 heteroatoms. The van der Waals surface area contributed by atoms with Crippen LogP contribution in [0, 0.1) is 6.92 Å². The Labute approximate surface area is 126 Å². The minimum absolute atomic E-state index is 0.303. The van der Waals surface area contributed by atoms with Crippen molar-refractivity contribution < 1.29 is 14.0 Å². The van der Waals surface area contributed by atoms with Gasteiger partial charge < -0.3 is 15.1 Å². The van der Waals surface area contributed by atoms with E-state index in [4.69, 9.17) is 4.42 Å². The van der Waals surface area contributed by atoms with Crippen LogP contribution in [0.25, 0.3) is 0 Å². The predicted octanol–water partition coefficient (Wildman–Crippen LogP) is 2.36. The zero-order valence-electron chi connectivity index (χ0n) is 12.1. The molecule has 0 fully saturated rings. The van der Waals surface area contributed by atoms with Crippen molar-refractivity contribution in [2.45, 2.75) is 33.2 Å². The largest absolute Gasteiger partial charge is 0.472 e. The Morgan fingerprint density at radius 3 is 2.81 bits per heavy atom. The van der Waals surface area contributed by atoms with Crippen LogP contribution in [0.2, 0.25) is 0 Å². The molecule has 2 N–H and O–H groups in total. The summed E-state index contributed by atoms with van der Waals surface area (Å²) < 4.78 is 4.83. The minimum atomic E-state index is -0.665. The van der Waals surface area contributed by atoms with E-state index in [0.29, 0.717) is 10.7 Å². The molecule has 0 saturated heterocycles. The molecule has 0 aliphatic rings. The van der Waals surface area contributed by atoms with Crippen LogP contribution in [0.1, 0.15) is 34.8 Å². The lowest BCUT2D eigenvalue weighted by molar-refractivity contribution is -0.117. The number of furan rings is 1. The topological polar surface area (TPSA) is 84.2 Å². The van der Waals surface area contributed by atoms with Gasteiger partial charge in [0.2, 0.25) is 5.91 Å². The van der Waals surface area contributed by atoms with E-state index in [0.717, 1.165) is 17.0 Å². The zero-order chi connectivity index (χ0) is 15.4. The third kappa shape index (κ3) is 3.69. The smallest absolute Gasteiger partial charge is 0.255 e. The van der Waals surface area contributed by atoms with E-state index in [9.17, 15) is 9.59 Å². The molecule has 0 aliphatic carbocycles. The first-order valence-corrected chi connectivity index (χ1v) is 7.43. The summed E-state index contributed by atoms with van der Waals surface area (Å²) >= 11 is 1.43. The van der Waals surface area contributed by atoms with Gasteiger partial charge in [0.1, 0.15) is 12.3 Å². The molecule has 6 nitrogen and oxygen atoms in total. The monoisotopic (exact) mass is 307 g/mol. The Kier molecular flexibility index (Phi) is 4.74. The molecule has 112 valence electrons. The molecule has 0 radical (unpaired) electrons. The van der Waals surface area contributed by atoms with Gasteiger partial charge in [-0.3, -0.25) is 9.59 Å². The Bertz CT molecular complexity index is 634. The Balaban J connectivity index is 1.94. The number of carbonyl (C=O) groups excluding carboxylic acids is 2. The van der Waals surface area contributed by atoms with Crippen LogP contribution in [0.15, 0.2) is 23.0 Å². The molecule has 21 heavy (non-hydrogen) atoms. The highest BCUT2D eigenvalue weighted by molar-refractivity contribution is 7.15. The van der Waals surface area contributed by atoms with Gasteiger partial charge in [0.05, 0.1) is 17.5 Å². The van der Waals surface area contributed by atoms with Gasteiger partial charge in [-0.2, -0.15) is 0 Å². The SMILES string of the molecule is CCc1nc(NC(=O)[C@@H](C)NC(=O)c2ccoc2)sc1C. The number of hydrogen-bond acceptors (Lipinski definition) is 5. The fraction of sp³-hybridized carbons (Fsp3) is 0.357. The summed E-state index contributed by atoms with van der Waals surface area (Å²) in [6, 6.07) is 0.874. The van der Waals surface area contributed by atoms with Crippen LogP contribution in [-0.4, -0.2) is 22.8 Å². The van der Waals surface area contributed by atoms with E-state index < -0.39 is 6.04 Å². The maximum absolute atomic E-state index is 12.0. The van der Waals surface area contributed by atoms with Gasteiger partial charge in [0.25, 0.3) is 5.91 Å². The standard InChI is InChI=1S/C14H17N3O3S/c1-4-11-9(3)21-14(16-11)17-12(18)8(2)15-13(19)10-5-6-20-7-10/h5-8H,4H2,1-3H3,(H,15,19)(H,16,17,18)/t8-/m1/s1. The molecule has 2 aromatic rings. The van der Waals surface area contributed by atoms with Gasteiger partial charge in [-0.15, -0.1) is 11.3 Å². The summed E-state index contributed by atoms with van der Waals surface area (Å²) in [4.78, 5) is 29.3. The highest BCUT2D eigenvalue weighted by Crippen LogP contribution is 2.22. The number of thiazole rings is 1. The van der Waals surface area contributed by atoms with Crippen molar-refractivity contribution in [3.63, 3.8) is 0 Å². The molecule has 0 aromatic carbocycles. The molecular formula is C14H17N3O3S. The van der Waals surface area contributed by atoms with E-state index in [1.54, 1.807) is 6.92 Å². The lowest BCUT2D eigenvalue weighted by atomic mass is 10.2. The number of carbonyl (C=O) groups is 2. The van der Waals surface area contributed by atoms with Crippen molar-refractivity contribution in [1.29, 1.82) is 0 Å². The van der Waals surface area contributed by atoms with Gasteiger partial charge in [0, 0.05) is 4.88 Å². The van der Waals surface area contributed by atoms with Gasteiger partial charge in [-0.1, -0.05) is 6.92 Å². The zero-order valence-corrected chi connectivity index (χ0v) is 12.9. The normalized spacial score (nSPS) is 12.0. The quantitative estimate of drug-likeness (QED) is 0.888. The van der Waals surface area contributed by atoms with E-state index in [1.165, 1.54) is 29.9 Å². The molecule has 2 aromatic heterocycles. The molecule has 2 amide bonds. The molecule has 0 saturated carbocycles. The number of rotatable bonds is 5. The first-order valence-electron chi connectivity index (χ1n) is 6.61. The van der Waals surface area contributed by atoms with Gasteiger partial charge >= 0.3 is 0 Å². The highest BCUT2D eigenvalue weighted by Gasteiger charge is 2.18. The van der Waals surface area contributed by atoms with Crippen LogP contribution in [0.4, 0.5) is 5.13 Å². The van der Waals surface area contributed by atoms with Crippen LogP contribution < -0.4 is 10.6 Å². The van der Waals surface area contributed by atoms with Crippen molar-refractivity contribution in [3.8, 4) is 0 Å². The summed E-state index contributed by atoms with van der Waals surface area (Å²) in [5, 5.41) is 5.88. The molecule has 0 spiro atoms. The second kappa shape index (κ2) is 6.53. The second-order valence-electron chi connectivity index (χ2n) is 4.57. The summed E-state index contributed by atoms with van der Waals surface area (Å²) in [5.41, 5.74) is 1.36. The van der Waals surface area contributed by atoms with E-state index >= 15 is 0 Å². The Morgan fingerprint density at radius 2 is 2.24 bits per heavy atom. The van der Waals surface area contributed by atoms with Crippen LogP contribution >= 0.6 is 11.3 Å². The van der Waals surface area contributed by atoms with Crippen molar-refractivity contribution in [3.05, 3.63) is 34.7 Å². The molecule has 1 atom stereocenters. The molecule has 2 heterocycles. The molecule has 0 bridgehead atoms. The number of anilines is 1. The van der Waals surface area contributed by atoms with Crippen molar-refractivity contribution in [2.75, 3.05) is 5.32 Å². The summed E-state index contributed by atoms with van der Waals surface area (Å²) in [6.45, 7) is 5.60. The number of hydrogen-bond donors (Lipinski definition) is 2. The van der Waals surface area contributed by atoms with Crippen LogP contribution in [0.3, 0.4) is 0 Å². The fourth-order valence-corrected chi connectivity index (χ4v) is 2.67. The van der Waals surface area contributed by atoms with E-state index in [1.807, 2.05) is 13.8 Å². The maximum Gasteiger partial charge on any atom is 0.255 e. The number of aryl methyl sites for hydroxylation is 2. The van der Waals surface area contributed by atoms with Crippen LogP contribution in [-0.2, 0) is 11.2 Å². The first kappa shape index (κ1) is 15.2. The highest BCUT2D eigenvalue weighted by atomic mass is 32.1. The lowest BCUT2D eigenvalue weighted by Gasteiger charge is -2.12. The molecule has 2 rings (SSSR count). The average Bonchev–Trinajstić information content (AvgIpc) is 3.08. The number of amides is 2. The van der Waals surface area contributed by atoms with E-state index in [2.05, 4.69) is 15.6 Å². The van der Waals surface area contributed by atoms with Crippen molar-refractivity contribution in [2.24, 2.45) is 0 Å². The second-order valence-corrected chi connectivity index (χ2v) is 5.78. The molecule has 0 unspecified atom stereocenters. The van der Waals surface area contributed by atoms with Crippen LogP contribution in [0.5, 0.6) is 0 Å². The predicted molar refractivity (Wildman–Crippen MR) is 80.5 cm³/mol. The maximum atomic E-state index is 12.0. The van der Waals surface area contributed by atoms with Gasteiger partial charge in [0.15, 0.2) is 5.13 Å². The molecule has 0 aliphatic heterocycles. The number of nitrogens with zero attached hydrogens (tertiary/aromatic N) is 1. The van der Waals surface area contributed by atoms with Gasteiger partial charge in [-0.25, -0.2) is 4.98 Å². The molecular weight excluding hydrogens is 290 g/mol. The Hall–Kier alpha value is -2.15. The minimum Gasteiger partial charge on any atom is -0.472 e. The van der Waals surface area contributed by atoms with Crippen molar-refractivity contribution in [1.82, 2.24) is 10.3 Å². The average molecular weight is 307 g/mol. The lowest BCUT2D eigenvalue weighted by Crippen LogP contribution is -2.41. The third-order valence-electron chi connectivity index (χ3n) is 2.98. The summed E-state index contributed by atoms with van der Waals surface area (Å²) in [6.07, 6.45) is 3.56.